The van der Waals surface area contributed by atoms with Gasteiger partial charge in [0.15, 0.2) is 10.9 Å². The van der Waals surface area contributed by atoms with Gasteiger partial charge in [-0.1, -0.05) is 18.7 Å². The summed E-state index contributed by atoms with van der Waals surface area (Å²) in [5, 5.41) is 3.61. The average Bonchev–Trinajstić information content (AvgIpc) is 3.37. The van der Waals surface area contributed by atoms with E-state index in [1.165, 1.54) is 11.8 Å². The van der Waals surface area contributed by atoms with Gasteiger partial charge in [-0.25, -0.2) is 9.97 Å². The van der Waals surface area contributed by atoms with Crippen molar-refractivity contribution in [2.75, 3.05) is 70.5 Å². The molecule has 10 nitrogen and oxygen atoms in total. The topological polar surface area (TPSA) is 104 Å². The Balaban J connectivity index is 1.29. The van der Waals surface area contributed by atoms with Crippen molar-refractivity contribution in [2.45, 2.75) is 31.2 Å². The summed E-state index contributed by atoms with van der Waals surface area (Å²) in [6.07, 6.45) is 0.812. The Morgan fingerprint density at radius 1 is 1.09 bits per heavy atom. The molecule has 0 bridgehead atoms. The highest BCUT2D eigenvalue weighted by Crippen LogP contribution is 2.25. The molecule has 0 unspecified atom stereocenters. The fourth-order valence-electron chi connectivity index (χ4n) is 4.07. The predicted octanol–water partition coefficient (Wildman–Crippen LogP) is 1.65. The molecule has 2 amide bonds. The lowest BCUT2D eigenvalue weighted by molar-refractivity contribution is -0.129. The molecule has 2 aliphatic heterocycles. The maximum absolute atomic E-state index is 12.4. The Hall–Kier alpha value is -2.63. The summed E-state index contributed by atoms with van der Waals surface area (Å²) in [5.74, 6) is 2.35. The molecule has 2 aromatic heterocycles. The van der Waals surface area contributed by atoms with Crippen LogP contribution in [0.1, 0.15) is 35.9 Å². The normalized spacial score (nSPS) is 17.0. The smallest absolute Gasteiger partial charge is 0.287 e. The van der Waals surface area contributed by atoms with Crippen molar-refractivity contribution in [3.63, 3.8) is 0 Å². The van der Waals surface area contributed by atoms with E-state index in [4.69, 9.17) is 14.1 Å². The molecule has 0 spiro atoms. The fourth-order valence-corrected chi connectivity index (χ4v) is 4.84. The van der Waals surface area contributed by atoms with Crippen LogP contribution in [0.25, 0.3) is 0 Å². The van der Waals surface area contributed by atoms with Gasteiger partial charge in [0.25, 0.3) is 5.91 Å². The number of thioether (sulfide) groups is 1. The molecule has 0 aromatic carbocycles. The van der Waals surface area contributed by atoms with Crippen molar-refractivity contribution >= 4 is 29.4 Å². The number of morpholine rings is 1. The zero-order chi connectivity index (χ0) is 24.6. The van der Waals surface area contributed by atoms with Gasteiger partial charge in [0.2, 0.25) is 5.91 Å². The number of hydrogen-bond donors (Lipinski definition) is 1. The standard InChI is InChI=1S/C24H34N6O4S/c1-3-19-16-22(30-10-8-29(9-11-30)18(2)31)27-24(26-19)35-17-20-4-5-21(34-20)23(32)25-6-7-28-12-14-33-15-13-28/h4-5,16H,3,6-15,17H2,1-2H3,(H,25,32). The SMILES string of the molecule is CCc1cc(N2CCN(C(C)=O)CC2)nc(SCc2ccc(C(=O)NCCN3CCOCC3)o2)n1. The number of nitrogens with zero attached hydrogens (tertiary/aromatic N) is 5. The zero-order valence-electron chi connectivity index (χ0n) is 20.5. The summed E-state index contributed by atoms with van der Waals surface area (Å²) in [4.78, 5) is 39.8. The van der Waals surface area contributed by atoms with Gasteiger partial charge in [0.1, 0.15) is 11.6 Å². The lowest BCUT2D eigenvalue weighted by Gasteiger charge is -2.35. The number of nitrogens with one attached hydrogen (secondary N) is 1. The van der Waals surface area contributed by atoms with Crippen LogP contribution < -0.4 is 10.2 Å². The molecule has 0 saturated carbocycles. The van der Waals surface area contributed by atoms with Gasteiger partial charge in [-0.3, -0.25) is 14.5 Å². The number of aromatic nitrogens is 2. The predicted molar refractivity (Wildman–Crippen MR) is 134 cm³/mol. The van der Waals surface area contributed by atoms with E-state index in [1.54, 1.807) is 13.0 Å². The van der Waals surface area contributed by atoms with Crippen molar-refractivity contribution < 1.29 is 18.7 Å². The van der Waals surface area contributed by atoms with Gasteiger partial charge in [-0.05, 0) is 18.6 Å². The number of ether oxygens (including phenoxy) is 1. The van der Waals surface area contributed by atoms with Crippen LogP contribution in [0.15, 0.2) is 27.8 Å². The molecule has 0 aliphatic carbocycles. The Kier molecular flexibility index (Phi) is 9.00. The second kappa shape index (κ2) is 12.4. The van der Waals surface area contributed by atoms with E-state index in [0.717, 1.165) is 63.9 Å². The minimum Gasteiger partial charge on any atom is -0.455 e. The van der Waals surface area contributed by atoms with E-state index in [0.29, 0.717) is 42.1 Å². The summed E-state index contributed by atoms with van der Waals surface area (Å²) in [7, 11) is 0. The largest absolute Gasteiger partial charge is 0.455 e. The Morgan fingerprint density at radius 3 is 2.57 bits per heavy atom. The molecule has 2 aromatic rings. The van der Waals surface area contributed by atoms with E-state index in [1.807, 2.05) is 17.0 Å². The number of hydrogen-bond acceptors (Lipinski definition) is 9. The van der Waals surface area contributed by atoms with Gasteiger partial charge >= 0.3 is 0 Å². The molecule has 190 valence electrons. The van der Waals surface area contributed by atoms with Gasteiger partial charge in [0, 0.05) is 71.0 Å². The highest BCUT2D eigenvalue weighted by atomic mass is 32.2. The Bertz CT molecular complexity index is 1000. The number of rotatable bonds is 9. The summed E-state index contributed by atoms with van der Waals surface area (Å²) in [6.45, 7) is 11.3. The third-order valence-corrected chi connectivity index (χ3v) is 7.07. The van der Waals surface area contributed by atoms with Crippen LogP contribution in [0.2, 0.25) is 0 Å². The minimum absolute atomic E-state index is 0.112. The van der Waals surface area contributed by atoms with E-state index >= 15 is 0 Å². The van der Waals surface area contributed by atoms with Gasteiger partial charge < -0.3 is 24.3 Å². The maximum atomic E-state index is 12.4. The first-order valence-corrected chi connectivity index (χ1v) is 13.2. The van der Waals surface area contributed by atoms with E-state index < -0.39 is 0 Å². The molecule has 11 heteroatoms. The molecule has 4 rings (SSSR count). The minimum atomic E-state index is -0.203. The lowest BCUT2D eigenvalue weighted by Crippen LogP contribution is -2.48. The molecule has 2 aliphatic rings. The summed E-state index contributed by atoms with van der Waals surface area (Å²) < 4.78 is 11.1. The number of carbonyl (C=O) groups is 2. The van der Waals surface area contributed by atoms with Crippen LogP contribution in [-0.2, 0) is 21.7 Å². The average molecular weight is 503 g/mol. The van der Waals surface area contributed by atoms with Gasteiger partial charge in [0.05, 0.1) is 19.0 Å². The van der Waals surface area contributed by atoms with Crippen molar-refractivity contribution in [1.82, 2.24) is 25.1 Å². The van der Waals surface area contributed by atoms with Crippen LogP contribution >= 0.6 is 11.8 Å². The van der Waals surface area contributed by atoms with Gasteiger partial charge in [-0.2, -0.15) is 0 Å². The summed E-state index contributed by atoms with van der Waals surface area (Å²) in [5.41, 5.74) is 0.978. The highest BCUT2D eigenvalue weighted by molar-refractivity contribution is 7.98. The van der Waals surface area contributed by atoms with E-state index in [-0.39, 0.29) is 11.8 Å². The first-order valence-electron chi connectivity index (χ1n) is 12.2. The second-order valence-corrected chi connectivity index (χ2v) is 9.55. The number of carbonyl (C=O) groups excluding carboxylic acids is 2. The molecule has 2 fully saturated rings. The van der Waals surface area contributed by atoms with Crippen LogP contribution in [0.5, 0.6) is 0 Å². The summed E-state index contributed by atoms with van der Waals surface area (Å²) >= 11 is 1.49. The molecule has 1 N–H and O–H groups in total. The number of anilines is 1. The third-order valence-electron chi connectivity index (χ3n) is 6.20. The van der Waals surface area contributed by atoms with Crippen LogP contribution in [0.3, 0.4) is 0 Å². The fraction of sp³-hybridized carbons (Fsp3) is 0.583. The number of piperazine rings is 1. The zero-order valence-corrected chi connectivity index (χ0v) is 21.3. The van der Waals surface area contributed by atoms with Crippen LogP contribution in [0, 0.1) is 0 Å². The van der Waals surface area contributed by atoms with E-state index in [9.17, 15) is 9.59 Å². The van der Waals surface area contributed by atoms with Crippen LogP contribution in [0.4, 0.5) is 5.82 Å². The maximum Gasteiger partial charge on any atom is 0.287 e. The number of aryl methyl sites for hydroxylation is 1. The van der Waals surface area contributed by atoms with Crippen molar-refractivity contribution in [1.29, 1.82) is 0 Å². The van der Waals surface area contributed by atoms with Crippen molar-refractivity contribution in [3.8, 4) is 0 Å². The number of furan rings is 1. The monoisotopic (exact) mass is 502 g/mol. The second-order valence-electron chi connectivity index (χ2n) is 8.61. The Morgan fingerprint density at radius 2 is 1.86 bits per heavy atom. The molecule has 0 radical (unpaired) electrons. The van der Waals surface area contributed by atoms with Crippen molar-refractivity contribution in [2.24, 2.45) is 0 Å². The molecule has 35 heavy (non-hydrogen) atoms. The molecule has 0 atom stereocenters. The summed E-state index contributed by atoms with van der Waals surface area (Å²) in [6, 6.07) is 5.57. The van der Waals surface area contributed by atoms with Gasteiger partial charge in [-0.15, -0.1) is 0 Å². The quantitative estimate of drug-likeness (QED) is 0.405. The van der Waals surface area contributed by atoms with Crippen LogP contribution in [-0.4, -0.2) is 97.2 Å². The van der Waals surface area contributed by atoms with E-state index in [2.05, 4.69) is 27.0 Å². The molecule has 4 heterocycles. The molecular weight excluding hydrogens is 468 g/mol. The molecular formula is C24H34N6O4S. The lowest BCUT2D eigenvalue weighted by atomic mass is 10.2. The third kappa shape index (κ3) is 7.18. The Labute approximate surface area is 210 Å². The first-order chi connectivity index (χ1) is 17.0. The number of amides is 2. The van der Waals surface area contributed by atoms with Crippen molar-refractivity contribution in [3.05, 3.63) is 35.4 Å². The highest BCUT2D eigenvalue weighted by Gasteiger charge is 2.21. The first kappa shape index (κ1) is 25.5. The molecule has 2 saturated heterocycles.